The number of nitrogens with one attached hydrogen (secondary N) is 2. The highest BCUT2D eigenvalue weighted by molar-refractivity contribution is 7.92. The zero-order valence-electron chi connectivity index (χ0n) is 13.3. The predicted molar refractivity (Wildman–Crippen MR) is 91.2 cm³/mol. The number of amides is 1. The van der Waals surface area contributed by atoms with Gasteiger partial charge in [0.25, 0.3) is 5.91 Å². The lowest BCUT2D eigenvalue weighted by Gasteiger charge is -2.12. The van der Waals surface area contributed by atoms with Gasteiger partial charge in [0.15, 0.2) is 0 Å². The van der Waals surface area contributed by atoms with E-state index in [1.807, 2.05) is 6.92 Å². The van der Waals surface area contributed by atoms with Crippen LogP contribution in [0.2, 0.25) is 0 Å². The summed E-state index contributed by atoms with van der Waals surface area (Å²) in [6.45, 7) is 3.74. The molecule has 1 aromatic carbocycles. The van der Waals surface area contributed by atoms with E-state index in [9.17, 15) is 13.2 Å². The van der Waals surface area contributed by atoms with Crippen LogP contribution in [0.1, 0.15) is 28.4 Å². The van der Waals surface area contributed by atoms with Gasteiger partial charge in [-0.15, -0.1) is 0 Å². The molecular formula is C16H19N3O3S. The fourth-order valence-corrected chi connectivity index (χ4v) is 2.76. The van der Waals surface area contributed by atoms with E-state index in [4.69, 9.17) is 0 Å². The molecule has 2 aromatic rings. The summed E-state index contributed by atoms with van der Waals surface area (Å²) in [5.74, 6) is -0.251. The number of benzene rings is 1. The second-order valence-electron chi connectivity index (χ2n) is 5.24. The van der Waals surface area contributed by atoms with E-state index in [1.54, 1.807) is 43.6 Å². The molecule has 2 N–H and O–H groups in total. The van der Waals surface area contributed by atoms with Crippen molar-refractivity contribution in [2.24, 2.45) is 0 Å². The Morgan fingerprint density at radius 2 is 2.00 bits per heavy atom. The molecule has 1 heterocycles. The first-order valence-electron chi connectivity index (χ1n) is 7.13. The van der Waals surface area contributed by atoms with E-state index in [0.29, 0.717) is 23.4 Å². The van der Waals surface area contributed by atoms with Crippen LogP contribution in [0.3, 0.4) is 0 Å². The molecule has 0 saturated heterocycles. The van der Waals surface area contributed by atoms with Gasteiger partial charge in [0.1, 0.15) is 0 Å². The van der Waals surface area contributed by atoms with Crippen molar-refractivity contribution in [2.45, 2.75) is 20.3 Å². The van der Waals surface area contributed by atoms with Gasteiger partial charge >= 0.3 is 0 Å². The number of anilines is 2. The molecule has 122 valence electrons. The quantitative estimate of drug-likeness (QED) is 0.880. The standard InChI is InChI=1S/C16H19N3O3S/c1-4-12-10-17-8-7-14(12)16(20)18-13-6-5-11(2)15(9-13)19-23(3,21)22/h5-10,19H,4H2,1-3H3,(H,18,20). The van der Waals surface area contributed by atoms with Crippen molar-refractivity contribution in [3.8, 4) is 0 Å². The summed E-state index contributed by atoms with van der Waals surface area (Å²) in [6, 6.07) is 6.74. The average Bonchev–Trinajstić information content (AvgIpc) is 2.49. The van der Waals surface area contributed by atoms with Crippen LogP contribution in [0.4, 0.5) is 11.4 Å². The highest BCUT2D eigenvalue weighted by Gasteiger charge is 2.12. The summed E-state index contributed by atoms with van der Waals surface area (Å²) in [4.78, 5) is 16.4. The second-order valence-corrected chi connectivity index (χ2v) is 6.99. The smallest absolute Gasteiger partial charge is 0.256 e. The Morgan fingerprint density at radius 1 is 1.26 bits per heavy atom. The fraction of sp³-hybridized carbons (Fsp3) is 0.250. The molecule has 0 saturated carbocycles. The Kier molecular flexibility index (Phi) is 5.00. The molecule has 23 heavy (non-hydrogen) atoms. The van der Waals surface area contributed by atoms with Crippen LogP contribution in [0.15, 0.2) is 36.7 Å². The van der Waals surface area contributed by atoms with Gasteiger partial charge in [0, 0.05) is 23.6 Å². The van der Waals surface area contributed by atoms with Crippen LogP contribution in [0.25, 0.3) is 0 Å². The molecule has 2 rings (SSSR count). The molecule has 0 atom stereocenters. The van der Waals surface area contributed by atoms with Crippen molar-refractivity contribution in [1.29, 1.82) is 0 Å². The van der Waals surface area contributed by atoms with Gasteiger partial charge in [0.2, 0.25) is 10.0 Å². The number of carbonyl (C=O) groups is 1. The minimum absolute atomic E-state index is 0.251. The molecule has 7 heteroatoms. The van der Waals surface area contributed by atoms with Gasteiger partial charge in [-0.3, -0.25) is 14.5 Å². The Bertz CT molecular complexity index is 832. The van der Waals surface area contributed by atoms with Crippen LogP contribution in [-0.2, 0) is 16.4 Å². The number of nitrogens with zero attached hydrogens (tertiary/aromatic N) is 1. The Labute approximate surface area is 136 Å². The van der Waals surface area contributed by atoms with Crippen LogP contribution < -0.4 is 10.0 Å². The third-order valence-electron chi connectivity index (χ3n) is 3.32. The number of aromatic nitrogens is 1. The van der Waals surface area contributed by atoms with Gasteiger partial charge in [-0.05, 0) is 42.7 Å². The molecule has 0 bridgehead atoms. The fourth-order valence-electron chi connectivity index (χ4n) is 2.14. The first-order valence-corrected chi connectivity index (χ1v) is 9.02. The van der Waals surface area contributed by atoms with E-state index >= 15 is 0 Å². The molecule has 0 aliphatic rings. The van der Waals surface area contributed by atoms with E-state index in [1.165, 1.54) is 0 Å². The number of aryl methyl sites for hydroxylation is 2. The minimum Gasteiger partial charge on any atom is -0.322 e. The van der Waals surface area contributed by atoms with Gasteiger partial charge in [-0.2, -0.15) is 0 Å². The van der Waals surface area contributed by atoms with E-state index in [0.717, 1.165) is 17.4 Å². The van der Waals surface area contributed by atoms with Crippen molar-refractivity contribution in [3.05, 3.63) is 53.3 Å². The Balaban J connectivity index is 2.26. The topological polar surface area (TPSA) is 88.2 Å². The van der Waals surface area contributed by atoms with Crippen LogP contribution in [0.5, 0.6) is 0 Å². The normalized spacial score (nSPS) is 11.1. The zero-order valence-corrected chi connectivity index (χ0v) is 14.1. The molecule has 0 aliphatic heterocycles. The average molecular weight is 333 g/mol. The zero-order chi connectivity index (χ0) is 17.0. The third-order valence-corrected chi connectivity index (χ3v) is 3.91. The first kappa shape index (κ1) is 17.0. The molecule has 0 unspecified atom stereocenters. The lowest BCUT2D eigenvalue weighted by molar-refractivity contribution is 0.102. The summed E-state index contributed by atoms with van der Waals surface area (Å²) in [6.07, 6.45) is 5.02. The van der Waals surface area contributed by atoms with Gasteiger partial charge < -0.3 is 5.32 Å². The van der Waals surface area contributed by atoms with Crippen molar-refractivity contribution < 1.29 is 13.2 Å². The van der Waals surface area contributed by atoms with Crippen LogP contribution in [-0.4, -0.2) is 25.6 Å². The molecule has 1 amide bonds. The molecular weight excluding hydrogens is 314 g/mol. The highest BCUT2D eigenvalue weighted by atomic mass is 32.2. The number of hydrogen-bond acceptors (Lipinski definition) is 4. The molecule has 0 spiro atoms. The van der Waals surface area contributed by atoms with Crippen molar-refractivity contribution in [3.63, 3.8) is 0 Å². The number of rotatable bonds is 5. The molecule has 1 aromatic heterocycles. The molecule has 6 nitrogen and oxygen atoms in total. The molecule has 0 fully saturated rings. The summed E-state index contributed by atoms with van der Waals surface area (Å²) < 4.78 is 25.2. The predicted octanol–water partition coefficient (Wildman–Crippen LogP) is 2.58. The van der Waals surface area contributed by atoms with E-state index in [-0.39, 0.29) is 5.91 Å². The summed E-state index contributed by atoms with van der Waals surface area (Å²) >= 11 is 0. The second kappa shape index (κ2) is 6.78. The lowest BCUT2D eigenvalue weighted by Crippen LogP contribution is -2.15. The summed E-state index contributed by atoms with van der Waals surface area (Å²) in [5.41, 5.74) is 3.14. The summed E-state index contributed by atoms with van der Waals surface area (Å²) in [7, 11) is -3.38. The summed E-state index contributed by atoms with van der Waals surface area (Å²) in [5, 5.41) is 2.78. The number of pyridine rings is 1. The maximum absolute atomic E-state index is 12.4. The van der Waals surface area contributed by atoms with Gasteiger partial charge in [-0.25, -0.2) is 8.42 Å². The van der Waals surface area contributed by atoms with E-state index < -0.39 is 10.0 Å². The monoisotopic (exact) mass is 333 g/mol. The Morgan fingerprint density at radius 3 is 2.65 bits per heavy atom. The third kappa shape index (κ3) is 4.53. The number of carbonyl (C=O) groups excluding carboxylic acids is 1. The maximum atomic E-state index is 12.4. The maximum Gasteiger partial charge on any atom is 0.256 e. The molecule has 0 aliphatic carbocycles. The van der Waals surface area contributed by atoms with Crippen molar-refractivity contribution in [2.75, 3.05) is 16.3 Å². The first-order chi connectivity index (χ1) is 10.8. The van der Waals surface area contributed by atoms with E-state index in [2.05, 4.69) is 15.0 Å². The van der Waals surface area contributed by atoms with Gasteiger partial charge in [-0.1, -0.05) is 13.0 Å². The lowest BCUT2D eigenvalue weighted by atomic mass is 10.1. The largest absolute Gasteiger partial charge is 0.322 e. The van der Waals surface area contributed by atoms with Crippen LogP contribution >= 0.6 is 0 Å². The molecule has 0 radical (unpaired) electrons. The van der Waals surface area contributed by atoms with Crippen molar-refractivity contribution >= 4 is 27.3 Å². The number of hydrogen-bond donors (Lipinski definition) is 2. The SMILES string of the molecule is CCc1cnccc1C(=O)Nc1ccc(C)c(NS(C)(=O)=O)c1. The minimum atomic E-state index is -3.38. The van der Waals surface area contributed by atoms with Crippen LogP contribution in [0, 0.1) is 6.92 Å². The number of sulfonamides is 1. The Hall–Kier alpha value is -2.41. The van der Waals surface area contributed by atoms with Crippen molar-refractivity contribution in [1.82, 2.24) is 4.98 Å². The highest BCUT2D eigenvalue weighted by Crippen LogP contribution is 2.22. The van der Waals surface area contributed by atoms with Gasteiger partial charge in [0.05, 0.1) is 11.9 Å².